The number of aromatic nitrogens is 1. The minimum Gasteiger partial charge on any atom is -0.506 e. The van der Waals surface area contributed by atoms with Crippen LogP contribution >= 0.6 is 15.9 Å². The fourth-order valence-electron chi connectivity index (χ4n) is 2.16. The topological polar surface area (TPSA) is 146 Å². The van der Waals surface area contributed by atoms with Crippen molar-refractivity contribution in [1.82, 2.24) is 4.98 Å². The number of aromatic hydroxyl groups is 1. The summed E-state index contributed by atoms with van der Waals surface area (Å²) in [5.74, 6) is 0.293. The van der Waals surface area contributed by atoms with Crippen LogP contribution < -0.4 is 0 Å². The van der Waals surface area contributed by atoms with E-state index in [1.165, 1.54) is 0 Å². The third-order valence-electron chi connectivity index (χ3n) is 3.49. The van der Waals surface area contributed by atoms with Gasteiger partial charge in [0.05, 0.1) is 6.61 Å². The molecule has 7 N–H and O–H groups in total. The normalized spacial score (nSPS) is 30.8. The van der Waals surface area contributed by atoms with E-state index in [9.17, 15) is 5.11 Å². The molecule has 5 atom stereocenters. The summed E-state index contributed by atoms with van der Waals surface area (Å²) >= 11 is 3.33. The van der Waals surface area contributed by atoms with Gasteiger partial charge in [0, 0.05) is 21.6 Å². The van der Waals surface area contributed by atoms with E-state index in [1.54, 1.807) is 6.20 Å². The molecule has 1 aliphatic heterocycles. The van der Waals surface area contributed by atoms with Gasteiger partial charge in [-0.1, -0.05) is 15.9 Å². The van der Waals surface area contributed by atoms with Crippen molar-refractivity contribution in [2.45, 2.75) is 30.7 Å². The maximum Gasteiger partial charge on any atom is 0.184 e. The summed E-state index contributed by atoms with van der Waals surface area (Å²) in [5, 5.41) is 54.8. The monoisotopic (exact) mass is 391 g/mol. The number of aromatic amines is 1. The number of hydrogen-bond acceptors (Lipinski definition) is 7. The first-order valence-corrected chi connectivity index (χ1v) is 7.58. The van der Waals surface area contributed by atoms with Gasteiger partial charge >= 0.3 is 0 Å². The molecule has 1 fully saturated rings. The summed E-state index contributed by atoms with van der Waals surface area (Å²) in [6.07, 6.45) is -5.46. The van der Waals surface area contributed by atoms with Crippen molar-refractivity contribution < 1.29 is 35.4 Å². The van der Waals surface area contributed by atoms with Crippen LogP contribution in [0.3, 0.4) is 0 Å². The molecule has 2 heterocycles. The molecule has 3 rings (SSSR count). The molecule has 8 nitrogen and oxygen atoms in total. The second-order valence-corrected chi connectivity index (χ2v) is 6.00. The van der Waals surface area contributed by atoms with E-state index in [0.717, 1.165) is 15.4 Å². The number of fused-ring (bicyclic) bond motifs is 1. The smallest absolute Gasteiger partial charge is 0.184 e. The predicted molar refractivity (Wildman–Crippen MR) is 83.6 cm³/mol. The lowest BCUT2D eigenvalue weighted by Crippen LogP contribution is -2.58. The summed E-state index contributed by atoms with van der Waals surface area (Å²) in [6.45, 7) is -0.526. The third-order valence-corrected chi connectivity index (χ3v) is 3.98. The van der Waals surface area contributed by atoms with Crippen LogP contribution in [0.1, 0.15) is 0 Å². The van der Waals surface area contributed by atoms with Gasteiger partial charge in [0.1, 0.15) is 30.2 Å². The number of aliphatic hydroxyl groups is 5. The van der Waals surface area contributed by atoms with Crippen LogP contribution in [-0.4, -0.2) is 72.9 Å². The van der Waals surface area contributed by atoms with Crippen LogP contribution in [0.2, 0.25) is 0 Å². The van der Waals surface area contributed by atoms with Gasteiger partial charge in [0.15, 0.2) is 6.29 Å². The fraction of sp³-hybridized carbons (Fsp3) is 0.429. The Morgan fingerprint density at radius 2 is 1.78 bits per heavy atom. The van der Waals surface area contributed by atoms with E-state index >= 15 is 0 Å². The highest BCUT2D eigenvalue weighted by molar-refractivity contribution is 9.10. The standard InChI is InChI=1S/C8H6BrNO.C6H12O6/c9-5-1-2-7-6(3-5)8(11)4-10-7;7-1-2-3(8)4(9)5(10)6(11)12-2/h1-4,10-11H;2-11H,1H2/t;2-,3-,4+,5+,6+/m.1/s1. The van der Waals surface area contributed by atoms with Gasteiger partial charge in [0.2, 0.25) is 0 Å². The third kappa shape index (κ3) is 4.01. The highest BCUT2D eigenvalue weighted by Gasteiger charge is 2.42. The Morgan fingerprint density at radius 1 is 1.09 bits per heavy atom. The van der Waals surface area contributed by atoms with Crippen molar-refractivity contribution in [3.8, 4) is 5.75 Å². The second kappa shape index (κ2) is 7.58. The van der Waals surface area contributed by atoms with Gasteiger partial charge in [-0.15, -0.1) is 0 Å². The zero-order valence-electron chi connectivity index (χ0n) is 11.9. The van der Waals surface area contributed by atoms with Crippen LogP contribution in [0.25, 0.3) is 10.9 Å². The van der Waals surface area contributed by atoms with Crippen molar-refractivity contribution in [2.75, 3.05) is 6.61 Å². The first kappa shape index (κ1) is 18.1. The Hall–Kier alpha value is -1.20. The van der Waals surface area contributed by atoms with Crippen molar-refractivity contribution in [1.29, 1.82) is 0 Å². The van der Waals surface area contributed by atoms with Gasteiger partial charge in [-0.2, -0.15) is 0 Å². The van der Waals surface area contributed by atoms with Gasteiger partial charge in [-0.25, -0.2) is 0 Å². The van der Waals surface area contributed by atoms with E-state index in [1.807, 2.05) is 18.2 Å². The minimum atomic E-state index is -1.57. The van der Waals surface area contributed by atoms with Gasteiger partial charge in [0.25, 0.3) is 0 Å². The molecule has 1 saturated heterocycles. The molecule has 0 radical (unpaired) electrons. The summed E-state index contributed by atoms with van der Waals surface area (Å²) in [7, 11) is 0. The highest BCUT2D eigenvalue weighted by Crippen LogP contribution is 2.26. The number of hydrogen-bond donors (Lipinski definition) is 7. The van der Waals surface area contributed by atoms with Crippen molar-refractivity contribution in [3.05, 3.63) is 28.9 Å². The molecule has 23 heavy (non-hydrogen) atoms. The number of H-pyrrole nitrogens is 1. The summed E-state index contributed by atoms with van der Waals surface area (Å²) in [5.41, 5.74) is 0.950. The first-order valence-electron chi connectivity index (χ1n) is 6.79. The largest absolute Gasteiger partial charge is 0.506 e. The lowest BCUT2D eigenvalue weighted by atomic mass is 10.00. The molecular weight excluding hydrogens is 374 g/mol. The molecule has 0 spiro atoms. The number of halogens is 1. The maximum absolute atomic E-state index is 9.28. The molecular formula is C14H18BrNO7. The molecule has 2 aromatic rings. The van der Waals surface area contributed by atoms with E-state index in [-0.39, 0.29) is 0 Å². The van der Waals surface area contributed by atoms with Crippen LogP contribution in [0.4, 0.5) is 0 Å². The zero-order chi connectivity index (χ0) is 17.1. The number of benzene rings is 1. The van der Waals surface area contributed by atoms with Crippen LogP contribution in [0.15, 0.2) is 28.9 Å². The maximum atomic E-state index is 9.28. The molecule has 128 valence electrons. The van der Waals surface area contributed by atoms with Crippen LogP contribution in [0, 0.1) is 0 Å². The van der Waals surface area contributed by atoms with Crippen molar-refractivity contribution in [3.63, 3.8) is 0 Å². The molecule has 0 bridgehead atoms. The Morgan fingerprint density at radius 3 is 2.43 bits per heavy atom. The molecule has 0 unspecified atom stereocenters. The predicted octanol–water partition coefficient (Wildman–Crippen LogP) is -0.585. The average molecular weight is 392 g/mol. The second-order valence-electron chi connectivity index (χ2n) is 5.08. The van der Waals surface area contributed by atoms with E-state index in [4.69, 9.17) is 25.5 Å². The first-order chi connectivity index (χ1) is 10.8. The van der Waals surface area contributed by atoms with Crippen LogP contribution in [0.5, 0.6) is 5.75 Å². The molecule has 0 amide bonds. The highest BCUT2D eigenvalue weighted by atomic mass is 79.9. The fourth-order valence-corrected chi connectivity index (χ4v) is 2.52. The van der Waals surface area contributed by atoms with E-state index in [2.05, 4.69) is 25.7 Å². The lowest BCUT2D eigenvalue weighted by molar-refractivity contribution is -0.286. The van der Waals surface area contributed by atoms with Gasteiger partial charge in [-0.05, 0) is 18.2 Å². The van der Waals surface area contributed by atoms with Gasteiger partial charge in [-0.3, -0.25) is 0 Å². The number of nitrogens with one attached hydrogen (secondary N) is 1. The van der Waals surface area contributed by atoms with Crippen LogP contribution in [-0.2, 0) is 4.74 Å². The summed E-state index contributed by atoms with van der Waals surface area (Å²) < 4.78 is 5.55. The van der Waals surface area contributed by atoms with Crippen molar-refractivity contribution >= 4 is 26.8 Å². The quantitative estimate of drug-likeness (QED) is 0.344. The molecule has 1 aromatic carbocycles. The Labute approximate surface area is 139 Å². The zero-order valence-corrected chi connectivity index (χ0v) is 13.5. The average Bonchev–Trinajstić information content (AvgIpc) is 2.90. The number of ether oxygens (including phenoxy) is 1. The SMILES string of the molecule is OC[C@H]1O[C@H](O)[C@@H](O)[C@@H](O)[C@@H]1O.Oc1c[nH]c2ccc(Br)cc12. The van der Waals surface area contributed by atoms with Gasteiger partial charge < -0.3 is 40.4 Å². The minimum absolute atomic E-state index is 0.293. The van der Waals surface area contributed by atoms with E-state index < -0.39 is 37.3 Å². The Kier molecular flexibility index (Phi) is 5.98. The molecule has 0 saturated carbocycles. The van der Waals surface area contributed by atoms with Crippen molar-refractivity contribution in [2.24, 2.45) is 0 Å². The molecule has 1 aromatic heterocycles. The number of aliphatic hydroxyl groups excluding tert-OH is 5. The summed E-state index contributed by atoms with van der Waals surface area (Å²) in [4.78, 5) is 2.94. The Bertz CT molecular complexity index is 644. The number of rotatable bonds is 1. The van der Waals surface area contributed by atoms with E-state index in [0.29, 0.717) is 5.75 Å². The molecule has 9 heteroatoms. The lowest BCUT2D eigenvalue weighted by Gasteiger charge is -2.37. The summed E-state index contributed by atoms with van der Waals surface area (Å²) in [6, 6.07) is 5.72. The molecule has 1 aliphatic rings. The molecule has 0 aliphatic carbocycles. The Balaban J connectivity index is 0.000000167.